The molecular weight excluding hydrogens is 411 g/mol. The number of hydrogen-bond acceptors (Lipinski definition) is 4. The summed E-state index contributed by atoms with van der Waals surface area (Å²) in [5.74, 6) is 1.01. The van der Waals surface area contributed by atoms with Crippen molar-refractivity contribution in [3.8, 4) is 0 Å². The predicted octanol–water partition coefficient (Wildman–Crippen LogP) is 0.833. The Hall–Kier alpha value is -0.610. The number of halogens is 1. The Morgan fingerprint density at radius 3 is 2.74 bits per heavy atom. The first-order chi connectivity index (χ1) is 10.7. The highest BCUT2D eigenvalue weighted by Crippen LogP contribution is 2.10. The zero-order valence-corrected chi connectivity index (χ0v) is 16.8. The third-order valence-corrected chi connectivity index (χ3v) is 3.47. The molecule has 136 valence electrons. The van der Waals surface area contributed by atoms with E-state index in [1.54, 1.807) is 7.11 Å². The molecule has 0 aliphatic carbocycles. The molecule has 2 N–H and O–H groups in total. The van der Waals surface area contributed by atoms with Crippen LogP contribution in [-0.2, 0) is 14.3 Å². The molecule has 8 heteroatoms. The third kappa shape index (κ3) is 9.31. The average molecular weight is 442 g/mol. The minimum atomic E-state index is 0. The zero-order valence-electron chi connectivity index (χ0n) is 14.5. The standard InChI is InChI=1S/C15H30N4O3.HI/c1-4-14(20)19-8-6-13(12-19)18-15(16-5-2)17-7-9-22-11-10-21-3;/h13H,4-12H2,1-3H3,(H2,16,17,18);1H. The van der Waals surface area contributed by atoms with Gasteiger partial charge in [0.2, 0.25) is 5.91 Å². The number of nitrogens with one attached hydrogen (secondary N) is 2. The van der Waals surface area contributed by atoms with E-state index >= 15 is 0 Å². The van der Waals surface area contributed by atoms with Gasteiger partial charge < -0.3 is 25.0 Å². The van der Waals surface area contributed by atoms with Crippen molar-refractivity contribution in [2.75, 3.05) is 53.1 Å². The number of hydrogen-bond donors (Lipinski definition) is 2. The van der Waals surface area contributed by atoms with Crippen LogP contribution in [0.2, 0.25) is 0 Å². The minimum absolute atomic E-state index is 0. The number of likely N-dealkylation sites (tertiary alicyclic amines) is 1. The van der Waals surface area contributed by atoms with Gasteiger partial charge in [-0.3, -0.25) is 9.79 Å². The molecule has 23 heavy (non-hydrogen) atoms. The van der Waals surface area contributed by atoms with Crippen molar-refractivity contribution in [1.29, 1.82) is 0 Å². The van der Waals surface area contributed by atoms with Gasteiger partial charge in [0.15, 0.2) is 5.96 Å². The lowest BCUT2D eigenvalue weighted by molar-refractivity contribution is -0.129. The third-order valence-electron chi connectivity index (χ3n) is 3.47. The second-order valence-corrected chi connectivity index (χ2v) is 5.19. The first kappa shape index (κ1) is 22.4. The summed E-state index contributed by atoms with van der Waals surface area (Å²) >= 11 is 0. The summed E-state index contributed by atoms with van der Waals surface area (Å²) in [7, 11) is 1.66. The molecule has 1 fully saturated rings. The molecule has 1 aliphatic heterocycles. The molecule has 1 atom stereocenters. The summed E-state index contributed by atoms with van der Waals surface area (Å²) < 4.78 is 10.3. The second-order valence-electron chi connectivity index (χ2n) is 5.19. The lowest BCUT2D eigenvalue weighted by Crippen LogP contribution is -2.45. The Labute approximate surface area is 156 Å². The molecule has 0 bridgehead atoms. The van der Waals surface area contributed by atoms with Crippen molar-refractivity contribution in [1.82, 2.24) is 15.5 Å². The molecule has 1 saturated heterocycles. The molecule has 7 nitrogen and oxygen atoms in total. The van der Waals surface area contributed by atoms with Gasteiger partial charge in [-0.1, -0.05) is 6.92 Å². The van der Waals surface area contributed by atoms with Crippen LogP contribution in [0, 0.1) is 0 Å². The molecule has 0 radical (unpaired) electrons. The van der Waals surface area contributed by atoms with Gasteiger partial charge in [-0.25, -0.2) is 0 Å². The lowest BCUT2D eigenvalue weighted by Gasteiger charge is -2.18. The maximum absolute atomic E-state index is 11.7. The molecule has 0 aromatic carbocycles. The maximum atomic E-state index is 11.7. The van der Waals surface area contributed by atoms with E-state index in [4.69, 9.17) is 9.47 Å². The van der Waals surface area contributed by atoms with Crippen molar-refractivity contribution in [2.45, 2.75) is 32.7 Å². The van der Waals surface area contributed by atoms with E-state index in [0.29, 0.717) is 32.8 Å². The maximum Gasteiger partial charge on any atom is 0.222 e. The van der Waals surface area contributed by atoms with Crippen LogP contribution in [0.15, 0.2) is 4.99 Å². The molecule has 0 aromatic rings. The van der Waals surface area contributed by atoms with Gasteiger partial charge in [0.25, 0.3) is 0 Å². The number of carbonyl (C=O) groups excluding carboxylic acids is 1. The quantitative estimate of drug-likeness (QED) is 0.240. The first-order valence-corrected chi connectivity index (χ1v) is 8.10. The number of carbonyl (C=O) groups is 1. The van der Waals surface area contributed by atoms with Crippen LogP contribution < -0.4 is 10.6 Å². The van der Waals surface area contributed by atoms with Crippen molar-refractivity contribution in [3.05, 3.63) is 0 Å². The minimum Gasteiger partial charge on any atom is -0.382 e. The van der Waals surface area contributed by atoms with Crippen molar-refractivity contribution in [3.63, 3.8) is 0 Å². The highest BCUT2D eigenvalue weighted by atomic mass is 127. The van der Waals surface area contributed by atoms with Crippen LogP contribution in [0.3, 0.4) is 0 Å². The molecule has 0 aromatic heterocycles. The predicted molar refractivity (Wildman–Crippen MR) is 103 cm³/mol. The fourth-order valence-electron chi connectivity index (χ4n) is 2.31. The number of ether oxygens (including phenoxy) is 2. The largest absolute Gasteiger partial charge is 0.382 e. The van der Waals surface area contributed by atoms with E-state index in [-0.39, 0.29) is 35.9 Å². The van der Waals surface area contributed by atoms with Gasteiger partial charge in [-0.2, -0.15) is 0 Å². The fraction of sp³-hybridized carbons (Fsp3) is 0.867. The van der Waals surface area contributed by atoms with Gasteiger partial charge in [0.1, 0.15) is 0 Å². The Balaban J connectivity index is 0.00000484. The molecule has 0 saturated carbocycles. The molecule has 1 unspecified atom stereocenters. The van der Waals surface area contributed by atoms with Gasteiger partial charge >= 0.3 is 0 Å². The molecule has 1 rings (SSSR count). The summed E-state index contributed by atoms with van der Waals surface area (Å²) in [6, 6.07) is 0.266. The summed E-state index contributed by atoms with van der Waals surface area (Å²) in [5.41, 5.74) is 0. The van der Waals surface area contributed by atoms with Crippen molar-refractivity contribution >= 4 is 35.8 Å². The van der Waals surface area contributed by atoms with Crippen LogP contribution in [-0.4, -0.2) is 75.9 Å². The van der Waals surface area contributed by atoms with Gasteiger partial charge in [0, 0.05) is 39.2 Å². The monoisotopic (exact) mass is 442 g/mol. The number of amides is 1. The highest BCUT2D eigenvalue weighted by molar-refractivity contribution is 14.0. The van der Waals surface area contributed by atoms with E-state index in [1.165, 1.54) is 0 Å². The van der Waals surface area contributed by atoms with E-state index in [0.717, 1.165) is 32.0 Å². The van der Waals surface area contributed by atoms with Crippen molar-refractivity contribution in [2.24, 2.45) is 4.99 Å². The summed E-state index contributed by atoms with van der Waals surface area (Å²) in [4.78, 5) is 18.1. The Kier molecular flexibility index (Phi) is 13.4. The smallest absolute Gasteiger partial charge is 0.222 e. The zero-order chi connectivity index (χ0) is 16.2. The molecular formula is C15H31IN4O3. The number of nitrogens with zero attached hydrogens (tertiary/aromatic N) is 2. The number of rotatable bonds is 9. The Bertz CT molecular complexity index is 356. The van der Waals surface area contributed by atoms with E-state index in [2.05, 4.69) is 15.6 Å². The Morgan fingerprint density at radius 1 is 1.30 bits per heavy atom. The Morgan fingerprint density at radius 2 is 2.09 bits per heavy atom. The highest BCUT2D eigenvalue weighted by Gasteiger charge is 2.25. The number of methoxy groups -OCH3 is 1. The molecule has 0 spiro atoms. The van der Waals surface area contributed by atoms with Gasteiger partial charge in [0.05, 0.1) is 26.4 Å². The van der Waals surface area contributed by atoms with Crippen LogP contribution in [0.5, 0.6) is 0 Å². The summed E-state index contributed by atoms with van der Waals surface area (Å²) in [5, 5.41) is 6.62. The number of aliphatic imine (C=N–C) groups is 1. The average Bonchev–Trinajstić information content (AvgIpc) is 2.98. The second kappa shape index (κ2) is 13.8. The van der Waals surface area contributed by atoms with Crippen LogP contribution in [0.4, 0.5) is 0 Å². The van der Waals surface area contributed by atoms with Crippen molar-refractivity contribution < 1.29 is 14.3 Å². The molecule has 1 amide bonds. The van der Waals surface area contributed by atoms with Crippen LogP contribution in [0.25, 0.3) is 0 Å². The fourth-order valence-corrected chi connectivity index (χ4v) is 2.31. The van der Waals surface area contributed by atoms with Gasteiger partial charge in [-0.15, -0.1) is 24.0 Å². The van der Waals surface area contributed by atoms with Crippen LogP contribution in [0.1, 0.15) is 26.7 Å². The molecule has 1 heterocycles. The normalized spacial score (nSPS) is 17.8. The number of guanidine groups is 1. The molecule has 1 aliphatic rings. The summed E-state index contributed by atoms with van der Waals surface area (Å²) in [6.45, 7) is 8.69. The van der Waals surface area contributed by atoms with E-state index in [1.807, 2.05) is 18.7 Å². The SMILES string of the molecule is CCNC(=NCCOCCOC)NC1CCN(C(=O)CC)C1.I. The van der Waals surface area contributed by atoms with Gasteiger partial charge in [-0.05, 0) is 13.3 Å². The van der Waals surface area contributed by atoms with E-state index < -0.39 is 0 Å². The lowest BCUT2D eigenvalue weighted by atomic mass is 10.3. The van der Waals surface area contributed by atoms with E-state index in [9.17, 15) is 4.79 Å². The summed E-state index contributed by atoms with van der Waals surface area (Å²) in [6.07, 6.45) is 1.53. The topological polar surface area (TPSA) is 75.2 Å². The van der Waals surface area contributed by atoms with Crippen LogP contribution >= 0.6 is 24.0 Å². The first-order valence-electron chi connectivity index (χ1n) is 8.10.